The van der Waals surface area contributed by atoms with Gasteiger partial charge in [0.05, 0.1) is 18.2 Å². The molecular formula is C25H18ClFN2O4. The van der Waals surface area contributed by atoms with Crippen molar-refractivity contribution in [3.63, 3.8) is 0 Å². The van der Waals surface area contributed by atoms with Gasteiger partial charge in [0.15, 0.2) is 5.78 Å². The maximum Gasteiger partial charge on any atom is 0.244 e. The SMILES string of the molecule is COc1cccc(NC(=O)Cn2cc(C(=O)c3ccc(F)cc3)c(=O)c3cc(Cl)ccc32)c1. The van der Waals surface area contributed by atoms with Gasteiger partial charge in [-0.05, 0) is 54.6 Å². The van der Waals surface area contributed by atoms with E-state index in [1.165, 1.54) is 36.1 Å². The lowest BCUT2D eigenvalue weighted by atomic mass is 10.0. The van der Waals surface area contributed by atoms with Crippen molar-refractivity contribution < 1.29 is 18.7 Å². The van der Waals surface area contributed by atoms with E-state index in [0.717, 1.165) is 12.1 Å². The third-order valence-electron chi connectivity index (χ3n) is 5.06. The van der Waals surface area contributed by atoms with Crippen LogP contribution in [0.4, 0.5) is 10.1 Å². The van der Waals surface area contributed by atoms with Gasteiger partial charge < -0.3 is 14.6 Å². The molecule has 0 aliphatic carbocycles. The van der Waals surface area contributed by atoms with Gasteiger partial charge in [0.25, 0.3) is 0 Å². The third-order valence-corrected chi connectivity index (χ3v) is 5.30. The topological polar surface area (TPSA) is 77.4 Å². The average Bonchev–Trinajstić information content (AvgIpc) is 2.81. The van der Waals surface area contributed by atoms with Crippen LogP contribution in [0, 0.1) is 5.82 Å². The molecule has 0 radical (unpaired) electrons. The summed E-state index contributed by atoms with van der Waals surface area (Å²) in [7, 11) is 1.53. The summed E-state index contributed by atoms with van der Waals surface area (Å²) in [5.74, 6) is -0.862. The lowest BCUT2D eigenvalue weighted by molar-refractivity contribution is -0.116. The molecule has 0 fully saturated rings. The van der Waals surface area contributed by atoms with Crippen LogP contribution in [0.15, 0.2) is 77.7 Å². The number of carbonyl (C=O) groups is 2. The summed E-state index contributed by atoms with van der Waals surface area (Å²) in [4.78, 5) is 38.9. The van der Waals surface area contributed by atoms with Crippen molar-refractivity contribution in [2.24, 2.45) is 0 Å². The van der Waals surface area contributed by atoms with Gasteiger partial charge in [-0.2, -0.15) is 0 Å². The van der Waals surface area contributed by atoms with E-state index in [1.807, 2.05) is 0 Å². The highest BCUT2D eigenvalue weighted by Gasteiger charge is 2.19. The Kier molecular flexibility index (Phi) is 6.24. The second-order valence-electron chi connectivity index (χ2n) is 7.28. The number of amides is 1. The smallest absolute Gasteiger partial charge is 0.244 e. The fourth-order valence-electron chi connectivity index (χ4n) is 3.48. The van der Waals surface area contributed by atoms with Crippen LogP contribution in [0.5, 0.6) is 5.75 Å². The van der Waals surface area contributed by atoms with E-state index < -0.39 is 17.0 Å². The molecule has 0 atom stereocenters. The van der Waals surface area contributed by atoms with E-state index in [2.05, 4.69) is 5.32 Å². The van der Waals surface area contributed by atoms with Crippen molar-refractivity contribution in [3.05, 3.63) is 105 Å². The molecule has 4 aromatic rings. The fourth-order valence-corrected chi connectivity index (χ4v) is 3.65. The van der Waals surface area contributed by atoms with E-state index in [4.69, 9.17) is 16.3 Å². The summed E-state index contributed by atoms with van der Waals surface area (Å²) in [6.45, 7) is -0.167. The van der Waals surface area contributed by atoms with E-state index in [-0.39, 0.29) is 29.0 Å². The fraction of sp³-hybridized carbons (Fsp3) is 0.0800. The molecule has 4 rings (SSSR count). The number of carbonyl (C=O) groups excluding carboxylic acids is 2. The summed E-state index contributed by atoms with van der Waals surface area (Å²) < 4.78 is 20.0. The highest BCUT2D eigenvalue weighted by atomic mass is 35.5. The Labute approximate surface area is 193 Å². The molecule has 0 saturated carbocycles. The van der Waals surface area contributed by atoms with E-state index in [1.54, 1.807) is 36.4 Å². The standard InChI is InChI=1S/C25H18ClFN2O4/c1-33-19-4-2-3-18(12-19)28-23(30)14-29-13-21(24(31)15-5-8-17(27)9-6-15)25(32)20-11-16(26)7-10-22(20)29/h2-13H,14H2,1H3,(H,28,30). The molecule has 0 aliphatic heterocycles. The predicted octanol–water partition coefficient (Wildman–Crippen LogP) is 4.67. The van der Waals surface area contributed by atoms with Crippen LogP contribution in [0.3, 0.4) is 0 Å². The number of anilines is 1. The van der Waals surface area contributed by atoms with Crippen LogP contribution >= 0.6 is 11.6 Å². The van der Waals surface area contributed by atoms with Crippen molar-refractivity contribution in [1.29, 1.82) is 0 Å². The summed E-state index contributed by atoms with van der Waals surface area (Å²) in [6, 6.07) is 16.4. The van der Waals surface area contributed by atoms with Gasteiger partial charge in [0, 0.05) is 33.9 Å². The number of hydrogen-bond acceptors (Lipinski definition) is 4. The average molecular weight is 465 g/mol. The molecule has 0 aliphatic rings. The molecule has 1 heterocycles. The molecule has 0 spiro atoms. The van der Waals surface area contributed by atoms with Gasteiger partial charge in [-0.15, -0.1) is 0 Å². The van der Waals surface area contributed by atoms with Crippen LogP contribution in [0.25, 0.3) is 10.9 Å². The van der Waals surface area contributed by atoms with Crippen LogP contribution in [0.2, 0.25) is 5.02 Å². The number of benzene rings is 3. The zero-order valence-corrected chi connectivity index (χ0v) is 18.2. The molecule has 1 amide bonds. The van der Waals surface area contributed by atoms with Crippen molar-refractivity contribution >= 4 is 39.9 Å². The Morgan fingerprint density at radius 1 is 1.06 bits per heavy atom. The first-order valence-electron chi connectivity index (χ1n) is 9.92. The second-order valence-corrected chi connectivity index (χ2v) is 7.71. The number of rotatable bonds is 6. The van der Waals surface area contributed by atoms with E-state index in [0.29, 0.717) is 22.0 Å². The first-order valence-corrected chi connectivity index (χ1v) is 10.3. The van der Waals surface area contributed by atoms with Gasteiger partial charge in [0.2, 0.25) is 11.3 Å². The quantitative estimate of drug-likeness (QED) is 0.420. The molecular weight excluding hydrogens is 447 g/mol. The Balaban J connectivity index is 1.74. The molecule has 0 saturated heterocycles. The molecule has 3 aromatic carbocycles. The Morgan fingerprint density at radius 2 is 1.82 bits per heavy atom. The highest BCUT2D eigenvalue weighted by molar-refractivity contribution is 6.31. The molecule has 6 nitrogen and oxygen atoms in total. The van der Waals surface area contributed by atoms with Gasteiger partial charge >= 0.3 is 0 Å². The minimum Gasteiger partial charge on any atom is -0.497 e. The van der Waals surface area contributed by atoms with Gasteiger partial charge in [0.1, 0.15) is 18.1 Å². The predicted molar refractivity (Wildman–Crippen MR) is 125 cm³/mol. The molecule has 1 aromatic heterocycles. The molecule has 0 unspecified atom stereocenters. The Hall–Kier alpha value is -3.97. The van der Waals surface area contributed by atoms with Crippen molar-refractivity contribution in [2.45, 2.75) is 6.54 Å². The molecule has 0 bridgehead atoms. The van der Waals surface area contributed by atoms with Crippen molar-refractivity contribution in [1.82, 2.24) is 4.57 Å². The summed E-state index contributed by atoms with van der Waals surface area (Å²) in [6.07, 6.45) is 1.34. The van der Waals surface area contributed by atoms with Crippen LogP contribution in [0.1, 0.15) is 15.9 Å². The maximum absolute atomic E-state index is 13.3. The number of ether oxygens (including phenoxy) is 1. The van der Waals surface area contributed by atoms with Crippen molar-refractivity contribution in [3.8, 4) is 5.75 Å². The number of pyridine rings is 1. The largest absolute Gasteiger partial charge is 0.497 e. The number of fused-ring (bicyclic) bond motifs is 1. The maximum atomic E-state index is 13.3. The number of aromatic nitrogens is 1. The number of halogens is 2. The highest BCUT2D eigenvalue weighted by Crippen LogP contribution is 2.20. The Bertz CT molecular complexity index is 1430. The zero-order valence-electron chi connectivity index (χ0n) is 17.5. The van der Waals surface area contributed by atoms with E-state index in [9.17, 15) is 18.8 Å². The number of nitrogens with one attached hydrogen (secondary N) is 1. The number of methoxy groups -OCH3 is 1. The minimum absolute atomic E-state index is 0.148. The first kappa shape index (κ1) is 22.2. The normalized spacial score (nSPS) is 10.8. The number of hydrogen-bond donors (Lipinski definition) is 1. The second kappa shape index (κ2) is 9.26. The van der Waals surface area contributed by atoms with Crippen LogP contribution in [-0.4, -0.2) is 23.4 Å². The lowest BCUT2D eigenvalue weighted by Gasteiger charge is -2.14. The number of ketones is 1. The number of nitrogens with zero attached hydrogens (tertiary/aromatic N) is 1. The molecule has 33 heavy (non-hydrogen) atoms. The van der Waals surface area contributed by atoms with Crippen molar-refractivity contribution in [2.75, 3.05) is 12.4 Å². The zero-order chi connectivity index (χ0) is 23.5. The monoisotopic (exact) mass is 464 g/mol. The summed E-state index contributed by atoms with van der Waals surface area (Å²) in [5, 5.41) is 3.29. The van der Waals surface area contributed by atoms with Gasteiger partial charge in [-0.3, -0.25) is 14.4 Å². The molecule has 8 heteroatoms. The molecule has 166 valence electrons. The van der Waals surface area contributed by atoms with Gasteiger partial charge in [-0.25, -0.2) is 4.39 Å². The van der Waals surface area contributed by atoms with E-state index >= 15 is 0 Å². The van der Waals surface area contributed by atoms with Crippen LogP contribution < -0.4 is 15.5 Å². The third kappa shape index (κ3) is 4.78. The van der Waals surface area contributed by atoms with Gasteiger partial charge in [-0.1, -0.05) is 17.7 Å². The van der Waals surface area contributed by atoms with Crippen LogP contribution in [-0.2, 0) is 11.3 Å². The lowest BCUT2D eigenvalue weighted by Crippen LogP contribution is -2.24. The summed E-state index contributed by atoms with van der Waals surface area (Å²) in [5.41, 5.74) is 0.468. The molecule has 1 N–H and O–H groups in total. The minimum atomic E-state index is -0.580. The first-order chi connectivity index (χ1) is 15.9. The summed E-state index contributed by atoms with van der Waals surface area (Å²) >= 11 is 6.09. The Morgan fingerprint density at radius 3 is 2.55 bits per heavy atom.